The quantitative estimate of drug-likeness (QED) is 0.483. The van der Waals surface area contributed by atoms with Crippen molar-refractivity contribution in [1.82, 2.24) is 10.3 Å². The molecule has 30 heavy (non-hydrogen) atoms. The summed E-state index contributed by atoms with van der Waals surface area (Å²) >= 11 is 5.86. The number of carbonyl (C=O) groups excluding carboxylic acids is 3. The number of halogens is 1. The van der Waals surface area contributed by atoms with Crippen molar-refractivity contribution >= 4 is 35.1 Å². The predicted octanol–water partition coefficient (Wildman–Crippen LogP) is 4.16. The van der Waals surface area contributed by atoms with E-state index in [1.165, 1.54) is 6.07 Å². The molecule has 0 radical (unpaired) electrons. The zero-order valence-corrected chi connectivity index (χ0v) is 18.2. The summed E-state index contributed by atoms with van der Waals surface area (Å²) < 4.78 is 5.09. The monoisotopic (exact) mass is 431 g/mol. The van der Waals surface area contributed by atoms with Crippen LogP contribution in [0.4, 0.5) is 5.69 Å². The summed E-state index contributed by atoms with van der Waals surface area (Å²) in [6, 6.07) is 9.51. The van der Waals surface area contributed by atoms with E-state index >= 15 is 0 Å². The third-order valence-electron chi connectivity index (χ3n) is 4.08. The Morgan fingerprint density at radius 3 is 2.53 bits per heavy atom. The molecule has 2 amide bonds. The molecule has 8 heteroatoms. The average Bonchev–Trinajstić information content (AvgIpc) is 2.71. The topological polar surface area (TPSA) is 97.4 Å². The van der Waals surface area contributed by atoms with Crippen molar-refractivity contribution in [2.45, 2.75) is 39.7 Å². The summed E-state index contributed by atoms with van der Waals surface area (Å²) in [6.45, 7) is 7.96. The number of ether oxygens (including phenoxy) is 1. The van der Waals surface area contributed by atoms with Crippen molar-refractivity contribution in [1.29, 1.82) is 0 Å². The Kier molecular flexibility index (Phi) is 8.35. The van der Waals surface area contributed by atoms with Crippen LogP contribution in [0.5, 0.6) is 0 Å². The zero-order valence-electron chi connectivity index (χ0n) is 17.5. The molecule has 0 bridgehead atoms. The number of amides is 2. The van der Waals surface area contributed by atoms with Crippen LogP contribution in [0.25, 0.3) is 0 Å². The van der Waals surface area contributed by atoms with Gasteiger partial charge < -0.3 is 15.4 Å². The minimum Gasteiger partial charge on any atom is -0.442 e. The van der Waals surface area contributed by atoms with Crippen LogP contribution in [0.1, 0.15) is 64.1 Å². The first kappa shape index (κ1) is 23.3. The van der Waals surface area contributed by atoms with Crippen LogP contribution in [0.15, 0.2) is 36.4 Å². The molecule has 1 unspecified atom stereocenters. The largest absolute Gasteiger partial charge is 0.442 e. The van der Waals surface area contributed by atoms with E-state index in [4.69, 9.17) is 16.3 Å². The van der Waals surface area contributed by atoms with Gasteiger partial charge in [0.2, 0.25) is 0 Å². The number of nitrogens with zero attached hydrogens (tertiary/aromatic N) is 1. The Hall–Kier alpha value is -2.93. The number of pyridine rings is 1. The van der Waals surface area contributed by atoms with Gasteiger partial charge in [0.05, 0.1) is 11.1 Å². The molecule has 2 rings (SSSR count). The Morgan fingerprint density at radius 2 is 1.87 bits per heavy atom. The van der Waals surface area contributed by atoms with Gasteiger partial charge >= 0.3 is 5.97 Å². The highest BCUT2D eigenvalue weighted by atomic mass is 35.5. The Bertz CT molecular complexity index is 930. The number of nitrogens with one attached hydrogen (secondary N) is 2. The fraction of sp³-hybridized carbons (Fsp3) is 0.364. The van der Waals surface area contributed by atoms with Gasteiger partial charge in [-0.25, -0.2) is 9.78 Å². The van der Waals surface area contributed by atoms with Gasteiger partial charge in [0, 0.05) is 17.9 Å². The number of hydrogen-bond acceptors (Lipinski definition) is 5. The van der Waals surface area contributed by atoms with Gasteiger partial charge in [-0.2, -0.15) is 0 Å². The maximum atomic E-state index is 12.8. The highest BCUT2D eigenvalue weighted by molar-refractivity contribution is 6.20. The molecule has 1 heterocycles. The molecule has 0 fully saturated rings. The summed E-state index contributed by atoms with van der Waals surface area (Å²) in [5, 5.41) is 5.48. The van der Waals surface area contributed by atoms with Crippen molar-refractivity contribution in [2.24, 2.45) is 5.92 Å². The van der Waals surface area contributed by atoms with E-state index < -0.39 is 23.3 Å². The number of anilines is 1. The van der Waals surface area contributed by atoms with E-state index in [2.05, 4.69) is 15.6 Å². The van der Waals surface area contributed by atoms with Crippen molar-refractivity contribution < 1.29 is 19.1 Å². The summed E-state index contributed by atoms with van der Waals surface area (Å²) in [7, 11) is 0. The molecule has 160 valence electrons. The van der Waals surface area contributed by atoms with Gasteiger partial charge in [-0.05, 0) is 49.6 Å². The highest BCUT2D eigenvalue weighted by Crippen LogP contribution is 2.17. The lowest BCUT2D eigenvalue weighted by atomic mass is 10.1. The number of benzene rings is 1. The molecule has 0 saturated carbocycles. The average molecular weight is 432 g/mol. The van der Waals surface area contributed by atoms with Crippen LogP contribution < -0.4 is 10.6 Å². The van der Waals surface area contributed by atoms with Crippen molar-refractivity contribution in [3.8, 4) is 0 Å². The first-order valence-corrected chi connectivity index (χ1v) is 10.2. The number of carbonyl (C=O) groups is 3. The van der Waals surface area contributed by atoms with E-state index in [0.29, 0.717) is 24.3 Å². The molecule has 0 aliphatic carbocycles. The lowest BCUT2D eigenvalue weighted by Crippen LogP contribution is -2.30. The van der Waals surface area contributed by atoms with Gasteiger partial charge in [0.1, 0.15) is 5.69 Å². The third kappa shape index (κ3) is 6.56. The standard InChI is InChI=1S/C22H26ClN3O4/c1-5-18(23)30-22(29)15-7-6-8-16(11-15)26-20(27)17-10-9-14(4)25-19(17)21(28)24-12-13(2)3/h6-11,13,18H,5,12H2,1-4H3,(H,24,28)(H,26,27). The van der Waals surface area contributed by atoms with Crippen LogP contribution >= 0.6 is 11.6 Å². The predicted molar refractivity (Wildman–Crippen MR) is 116 cm³/mol. The van der Waals surface area contributed by atoms with Crippen LogP contribution in [-0.2, 0) is 4.74 Å². The summed E-state index contributed by atoms with van der Waals surface area (Å²) in [6.07, 6.45) is 0.478. The van der Waals surface area contributed by atoms with Gasteiger partial charge in [-0.15, -0.1) is 0 Å². The molecular formula is C22H26ClN3O4. The lowest BCUT2D eigenvalue weighted by Gasteiger charge is -2.13. The normalized spacial score (nSPS) is 11.7. The number of hydrogen-bond donors (Lipinski definition) is 2. The van der Waals surface area contributed by atoms with Crippen LogP contribution in [0, 0.1) is 12.8 Å². The highest BCUT2D eigenvalue weighted by Gasteiger charge is 2.20. The first-order chi connectivity index (χ1) is 14.2. The van der Waals surface area contributed by atoms with Gasteiger partial charge in [-0.3, -0.25) is 9.59 Å². The number of aryl methyl sites for hydroxylation is 1. The minimum atomic E-state index is -0.721. The van der Waals surface area contributed by atoms with Crippen LogP contribution in [-0.4, -0.2) is 34.9 Å². The van der Waals surface area contributed by atoms with Crippen LogP contribution in [0.2, 0.25) is 0 Å². The number of esters is 1. The summed E-state index contributed by atoms with van der Waals surface area (Å²) in [4.78, 5) is 41.7. The second-order valence-corrected chi connectivity index (χ2v) is 7.70. The van der Waals surface area contributed by atoms with Crippen molar-refractivity contribution in [3.63, 3.8) is 0 Å². The molecule has 7 nitrogen and oxygen atoms in total. The number of aromatic nitrogens is 1. The smallest absolute Gasteiger partial charge is 0.339 e. The molecule has 2 N–H and O–H groups in total. The first-order valence-electron chi connectivity index (χ1n) is 9.73. The molecule has 1 aromatic heterocycles. The Labute approximate surface area is 181 Å². The van der Waals surface area contributed by atoms with Gasteiger partial charge in [-0.1, -0.05) is 38.4 Å². The lowest BCUT2D eigenvalue weighted by molar-refractivity contribution is 0.0443. The molecule has 2 aromatic rings. The number of rotatable bonds is 8. The summed E-state index contributed by atoms with van der Waals surface area (Å²) in [5.74, 6) is -1.24. The third-order valence-corrected chi connectivity index (χ3v) is 4.47. The Balaban J connectivity index is 2.21. The molecule has 0 saturated heterocycles. The van der Waals surface area contributed by atoms with E-state index in [1.54, 1.807) is 44.2 Å². The van der Waals surface area contributed by atoms with E-state index in [0.717, 1.165) is 0 Å². The minimum absolute atomic E-state index is 0.0524. The molecule has 1 atom stereocenters. The van der Waals surface area contributed by atoms with Crippen molar-refractivity contribution in [3.05, 3.63) is 58.9 Å². The molecular weight excluding hydrogens is 406 g/mol. The van der Waals surface area contributed by atoms with Crippen molar-refractivity contribution in [2.75, 3.05) is 11.9 Å². The maximum Gasteiger partial charge on any atom is 0.339 e. The van der Waals surface area contributed by atoms with Gasteiger partial charge in [0.25, 0.3) is 11.8 Å². The zero-order chi connectivity index (χ0) is 22.3. The maximum absolute atomic E-state index is 12.8. The second kappa shape index (κ2) is 10.7. The fourth-order valence-corrected chi connectivity index (χ4v) is 2.56. The number of alkyl halides is 1. The summed E-state index contributed by atoms with van der Waals surface area (Å²) in [5.41, 5.74) is 0.729. The van der Waals surface area contributed by atoms with E-state index in [1.807, 2.05) is 13.8 Å². The van der Waals surface area contributed by atoms with E-state index in [-0.39, 0.29) is 22.7 Å². The SMILES string of the molecule is CCC(Cl)OC(=O)c1cccc(NC(=O)c2ccc(C)nc2C(=O)NCC(C)C)c1. The molecule has 0 aliphatic heterocycles. The van der Waals surface area contributed by atoms with E-state index in [9.17, 15) is 14.4 Å². The Morgan fingerprint density at radius 1 is 1.13 bits per heavy atom. The van der Waals surface area contributed by atoms with Gasteiger partial charge in [0.15, 0.2) is 5.56 Å². The fourth-order valence-electron chi connectivity index (χ4n) is 2.48. The molecule has 0 spiro atoms. The van der Waals surface area contributed by atoms with Crippen LogP contribution in [0.3, 0.4) is 0 Å². The molecule has 0 aliphatic rings. The second-order valence-electron chi connectivity index (χ2n) is 7.21. The molecule has 1 aromatic carbocycles.